The number of rotatable bonds is 6. The van der Waals surface area contributed by atoms with Crippen molar-refractivity contribution in [2.24, 2.45) is 5.84 Å². The van der Waals surface area contributed by atoms with Gasteiger partial charge in [-0.2, -0.15) is 0 Å². The summed E-state index contributed by atoms with van der Waals surface area (Å²) in [5.41, 5.74) is 3.26. The molecule has 106 valence electrons. The molecule has 0 unspecified atom stereocenters. The summed E-state index contributed by atoms with van der Waals surface area (Å²) < 4.78 is 8.11. The Morgan fingerprint density at radius 3 is 3.00 bits per heavy atom. The molecular weight excluding hydrogens is 326 g/mol. The number of nitrogen functional groups attached to an aromatic ring is 1. The van der Waals surface area contributed by atoms with E-state index in [4.69, 9.17) is 10.6 Å². The van der Waals surface area contributed by atoms with Gasteiger partial charge in [0.15, 0.2) is 5.69 Å². The van der Waals surface area contributed by atoms with E-state index in [0.29, 0.717) is 19.8 Å². The molecule has 0 aliphatic rings. The lowest BCUT2D eigenvalue weighted by Gasteiger charge is -2.05. The van der Waals surface area contributed by atoms with Gasteiger partial charge in [-0.3, -0.25) is 10.2 Å². The fourth-order valence-electron chi connectivity index (χ4n) is 1.54. The monoisotopic (exact) mass is 339 g/mol. The maximum atomic E-state index is 11.2. The van der Waals surface area contributed by atoms with Gasteiger partial charge in [-0.05, 0) is 11.6 Å². The SMILES string of the molecule is NNC(=O)c1cn(CCOCc2ccccc2Br)nn1. The van der Waals surface area contributed by atoms with Gasteiger partial charge in [-0.25, -0.2) is 10.5 Å². The summed E-state index contributed by atoms with van der Waals surface area (Å²) in [6.07, 6.45) is 1.52. The van der Waals surface area contributed by atoms with Gasteiger partial charge < -0.3 is 4.74 Å². The Hall–Kier alpha value is -1.77. The number of hydrazine groups is 1. The lowest BCUT2D eigenvalue weighted by Crippen LogP contribution is -2.30. The van der Waals surface area contributed by atoms with Crippen LogP contribution in [0.5, 0.6) is 0 Å². The highest BCUT2D eigenvalue weighted by molar-refractivity contribution is 9.10. The maximum absolute atomic E-state index is 11.2. The van der Waals surface area contributed by atoms with Gasteiger partial charge in [0.1, 0.15) is 0 Å². The summed E-state index contributed by atoms with van der Waals surface area (Å²) >= 11 is 3.46. The number of hydrogen-bond acceptors (Lipinski definition) is 5. The van der Waals surface area contributed by atoms with E-state index >= 15 is 0 Å². The van der Waals surface area contributed by atoms with Crippen molar-refractivity contribution in [3.63, 3.8) is 0 Å². The molecule has 1 amide bonds. The number of carbonyl (C=O) groups excluding carboxylic acids is 1. The van der Waals surface area contributed by atoms with Gasteiger partial charge in [0.25, 0.3) is 5.91 Å². The smallest absolute Gasteiger partial charge is 0.287 e. The van der Waals surface area contributed by atoms with Gasteiger partial charge in [-0.1, -0.05) is 39.3 Å². The number of hydrogen-bond donors (Lipinski definition) is 2. The van der Waals surface area contributed by atoms with Crippen molar-refractivity contribution in [1.82, 2.24) is 20.4 Å². The number of nitrogens with zero attached hydrogens (tertiary/aromatic N) is 3. The van der Waals surface area contributed by atoms with Crippen LogP contribution in [0.2, 0.25) is 0 Å². The van der Waals surface area contributed by atoms with E-state index in [9.17, 15) is 4.79 Å². The molecule has 1 aromatic heterocycles. The third kappa shape index (κ3) is 3.86. The first kappa shape index (κ1) is 14.6. The number of halogens is 1. The van der Waals surface area contributed by atoms with Crippen molar-refractivity contribution in [2.45, 2.75) is 13.2 Å². The molecule has 0 saturated carbocycles. The quantitative estimate of drug-likeness (QED) is 0.352. The molecule has 0 radical (unpaired) electrons. The topological polar surface area (TPSA) is 95.1 Å². The van der Waals surface area contributed by atoms with Crippen molar-refractivity contribution in [2.75, 3.05) is 6.61 Å². The van der Waals surface area contributed by atoms with Crippen molar-refractivity contribution < 1.29 is 9.53 Å². The number of nitrogens with one attached hydrogen (secondary N) is 1. The highest BCUT2D eigenvalue weighted by Gasteiger charge is 2.08. The molecule has 7 nitrogen and oxygen atoms in total. The third-order valence-electron chi connectivity index (χ3n) is 2.58. The molecule has 0 aliphatic heterocycles. The van der Waals surface area contributed by atoms with E-state index in [-0.39, 0.29) is 5.69 Å². The lowest BCUT2D eigenvalue weighted by atomic mass is 10.2. The lowest BCUT2D eigenvalue weighted by molar-refractivity contribution is 0.0948. The van der Waals surface area contributed by atoms with Crippen molar-refractivity contribution in [3.8, 4) is 0 Å². The zero-order chi connectivity index (χ0) is 14.4. The maximum Gasteiger partial charge on any atom is 0.287 e. The van der Waals surface area contributed by atoms with Gasteiger partial charge in [0.2, 0.25) is 0 Å². The molecule has 1 aromatic carbocycles. The summed E-state index contributed by atoms with van der Waals surface area (Å²) in [5, 5.41) is 7.50. The van der Waals surface area contributed by atoms with Crippen LogP contribution >= 0.6 is 15.9 Å². The Morgan fingerprint density at radius 1 is 1.45 bits per heavy atom. The van der Waals surface area contributed by atoms with Crippen LogP contribution in [-0.4, -0.2) is 27.5 Å². The fraction of sp³-hybridized carbons (Fsp3) is 0.250. The van der Waals surface area contributed by atoms with Gasteiger partial charge in [-0.15, -0.1) is 5.10 Å². The minimum absolute atomic E-state index is 0.179. The number of ether oxygens (including phenoxy) is 1. The average Bonchev–Trinajstić information content (AvgIpc) is 2.93. The summed E-state index contributed by atoms with van der Waals surface area (Å²) in [5.74, 6) is 4.54. The van der Waals surface area contributed by atoms with Crippen LogP contribution in [0.25, 0.3) is 0 Å². The zero-order valence-corrected chi connectivity index (χ0v) is 12.2. The predicted molar refractivity (Wildman–Crippen MR) is 75.5 cm³/mol. The molecule has 0 bridgehead atoms. The molecule has 2 aromatic rings. The van der Waals surface area contributed by atoms with E-state index in [0.717, 1.165) is 10.0 Å². The van der Waals surface area contributed by atoms with E-state index in [1.54, 1.807) is 0 Å². The zero-order valence-electron chi connectivity index (χ0n) is 10.6. The summed E-state index contributed by atoms with van der Waals surface area (Å²) in [6, 6.07) is 7.86. The van der Waals surface area contributed by atoms with E-state index < -0.39 is 5.91 Å². The van der Waals surface area contributed by atoms with Crippen LogP contribution < -0.4 is 11.3 Å². The van der Waals surface area contributed by atoms with Crippen LogP contribution in [0.4, 0.5) is 0 Å². The molecule has 0 atom stereocenters. The number of amides is 1. The highest BCUT2D eigenvalue weighted by atomic mass is 79.9. The summed E-state index contributed by atoms with van der Waals surface area (Å²) in [4.78, 5) is 11.2. The Labute approximate surface area is 124 Å². The molecule has 0 saturated heterocycles. The Morgan fingerprint density at radius 2 is 2.25 bits per heavy atom. The van der Waals surface area contributed by atoms with Gasteiger partial charge in [0, 0.05) is 4.47 Å². The van der Waals surface area contributed by atoms with Crippen LogP contribution in [-0.2, 0) is 17.9 Å². The van der Waals surface area contributed by atoms with Crippen LogP contribution in [0.15, 0.2) is 34.9 Å². The molecular formula is C12H14BrN5O2. The second kappa shape index (κ2) is 7.13. The normalized spacial score (nSPS) is 10.5. The first-order valence-corrected chi connectivity index (χ1v) is 6.72. The summed E-state index contributed by atoms with van der Waals surface area (Å²) in [7, 11) is 0. The average molecular weight is 340 g/mol. The minimum Gasteiger partial charge on any atom is -0.375 e. The van der Waals surface area contributed by atoms with Crippen molar-refractivity contribution in [3.05, 3.63) is 46.2 Å². The van der Waals surface area contributed by atoms with Crippen LogP contribution in [0.3, 0.4) is 0 Å². The predicted octanol–water partition coefficient (Wildman–Crippen LogP) is 0.861. The number of aromatic nitrogens is 3. The Bertz CT molecular complexity index is 587. The molecule has 1 heterocycles. The second-order valence-corrected chi connectivity index (χ2v) is 4.84. The van der Waals surface area contributed by atoms with Crippen molar-refractivity contribution in [1.29, 1.82) is 0 Å². The second-order valence-electron chi connectivity index (χ2n) is 3.98. The molecule has 0 fully saturated rings. The molecule has 8 heteroatoms. The first-order chi connectivity index (χ1) is 9.70. The van der Waals surface area contributed by atoms with Crippen LogP contribution in [0, 0.1) is 0 Å². The molecule has 2 rings (SSSR count). The largest absolute Gasteiger partial charge is 0.375 e. The first-order valence-electron chi connectivity index (χ1n) is 5.93. The van der Waals surface area contributed by atoms with E-state index in [2.05, 4.69) is 26.2 Å². The molecule has 0 aliphatic carbocycles. The van der Waals surface area contributed by atoms with E-state index in [1.807, 2.05) is 29.7 Å². The van der Waals surface area contributed by atoms with Gasteiger partial charge in [0.05, 0.1) is 26.0 Å². The third-order valence-corrected chi connectivity index (χ3v) is 3.36. The fourth-order valence-corrected chi connectivity index (χ4v) is 1.94. The highest BCUT2D eigenvalue weighted by Crippen LogP contribution is 2.16. The minimum atomic E-state index is -0.467. The summed E-state index contributed by atoms with van der Waals surface area (Å²) in [6.45, 7) is 1.48. The molecule has 0 spiro atoms. The number of benzene rings is 1. The Balaban J connectivity index is 1.77. The standard InChI is InChI=1S/C12H14BrN5O2/c13-10-4-2-1-3-9(10)8-20-6-5-18-7-11(16-17-18)12(19)15-14/h1-4,7H,5-6,8,14H2,(H,15,19). The van der Waals surface area contributed by atoms with Crippen LogP contribution in [0.1, 0.15) is 16.1 Å². The van der Waals surface area contributed by atoms with Crippen molar-refractivity contribution >= 4 is 21.8 Å². The molecule has 20 heavy (non-hydrogen) atoms. The Kier molecular flexibility index (Phi) is 5.22. The molecule has 3 N–H and O–H groups in total. The number of nitrogens with two attached hydrogens (primary N) is 1. The number of carbonyl (C=O) groups is 1. The van der Waals surface area contributed by atoms with E-state index in [1.165, 1.54) is 10.9 Å². The van der Waals surface area contributed by atoms with Gasteiger partial charge >= 0.3 is 0 Å².